The molecule has 0 atom stereocenters. The number of carbonyl (C=O) groups is 1. The molecule has 0 aliphatic carbocycles. The molecule has 4 nitrogen and oxygen atoms in total. The molecule has 0 unspecified atom stereocenters. The van der Waals surface area contributed by atoms with Crippen LogP contribution >= 0.6 is 0 Å². The van der Waals surface area contributed by atoms with Crippen LogP contribution in [-0.2, 0) is 17.4 Å². The third kappa shape index (κ3) is 5.33. The Balaban J connectivity index is 1.37. The Morgan fingerprint density at radius 2 is 1.75 bits per heavy atom. The van der Waals surface area contributed by atoms with Crippen molar-refractivity contribution in [3.63, 3.8) is 0 Å². The molecule has 0 bridgehead atoms. The normalized spacial score (nSPS) is 15.0. The molecule has 1 fully saturated rings. The number of hydrogen-bond acceptors (Lipinski definition) is 3. The van der Waals surface area contributed by atoms with Gasteiger partial charge >= 0.3 is 6.18 Å². The summed E-state index contributed by atoms with van der Waals surface area (Å²) in [6, 6.07) is 15.1. The van der Waals surface area contributed by atoms with Crippen LogP contribution in [0.15, 0.2) is 67.0 Å². The number of aromatic nitrogens is 2. The number of nitrogens with zero attached hydrogens (tertiary/aromatic N) is 3. The van der Waals surface area contributed by atoms with Crippen molar-refractivity contribution in [2.45, 2.75) is 37.8 Å². The van der Waals surface area contributed by atoms with Gasteiger partial charge in [0, 0.05) is 37.2 Å². The molecule has 1 aliphatic rings. The van der Waals surface area contributed by atoms with E-state index in [1.165, 1.54) is 12.3 Å². The molecule has 2 heterocycles. The van der Waals surface area contributed by atoms with Gasteiger partial charge in [-0.05, 0) is 37.0 Å². The van der Waals surface area contributed by atoms with Crippen molar-refractivity contribution in [3.05, 3.63) is 83.8 Å². The highest BCUT2D eigenvalue weighted by Gasteiger charge is 2.30. The Bertz CT molecular complexity index is 1060. The maximum absolute atomic E-state index is 13.0. The molecule has 1 aromatic heterocycles. The molecular weight excluding hydrogens is 415 g/mol. The van der Waals surface area contributed by atoms with Crippen LogP contribution in [-0.4, -0.2) is 33.9 Å². The molecule has 0 radical (unpaired) electrons. The molecule has 4 rings (SSSR count). The van der Waals surface area contributed by atoms with Gasteiger partial charge < -0.3 is 4.90 Å². The summed E-state index contributed by atoms with van der Waals surface area (Å²) in [5.41, 5.74) is 2.02. The number of rotatable bonds is 5. The quantitative estimate of drug-likeness (QED) is 0.527. The van der Waals surface area contributed by atoms with Crippen LogP contribution in [0, 0.1) is 0 Å². The number of amides is 1. The zero-order valence-electron chi connectivity index (χ0n) is 17.6. The van der Waals surface area contributed by atoms with Gasteiger partial charge in [0.15, 0.2) is 0 Å². The number of carbonyl (C=O) groups excluding carboxylic acids is 1. The Kier molecular flexibility index (Phi) is 6.53. The summed E-state index contributed by atoms with van der Waals surface area (Å²) in [5.74, 6) is 0.280. The standard InChI is InChI=1S/C25H24F3N3O/c26-25(27,28)21-8-4-7-20(15-21)23-17-29-16-22(30-23)19-11-13-31(14-12-19)24(32)10-9-18-5-2-1-3-6-18/h1-8,15-17,19H,9-14H2. The fourth-order valence-electron chi connectivity index (χ4n) is 4.05. The Morgan fingerprint density at radius 3 is 2.47 bits per heavy atom. The van der Waals surface area contributed by atoms with E-state index in [4.69, 9.17) is 0 Å². The average Bonchev–Trinajstić information content (AvgIpc) is 2.83. The highest BCUT2D eigenvalue weighted by Crippen LogP contribution is 2.32. The Hall–Kier alpha value is -3.22. The highest BCUT2D eigenvalue weighted by atomic mass is 19.4. The van der Waals surface area contributed by atoms with Crippen LogP contribution in [0.25, 0.3) is 11.3 Å². The molecule has 0 spiro atoms. The number of halogens is 3. The van der Waals surface area contributed by atoms with Gasteiger partial charge in [-0.1, -0.05) is 42.5 Å². The van der Waals surface area contributed by atoms with Crippen molar-refractivity contribution in [2.24, 2.45) is 0 Å². The van der Waals surface area contributed by atoms with Gasteiger partial charge in [0.25, 0.3) is 0 Å². The van der Waals surface area contributed by atoms with Crippen LogP contribution < -0.4 is 0 Å². The minimum Gasteiger partial charge on any atom is -0.343 e. The van der Waals surface area contributed by atoms with Crippen LogP contribution in [0.2, 0.25) is 0 Å². The molecule has 1 amide bonds. The summed E-state index contributed by atoms with van der Waals surface area (Å²) >= 11 is 0. The zero-order valence-corrected chi connectivity index (χ0v) is 17.6. The van der Waals surface area contributed by atoms with Crippen LogP contribution in [0.5, 0.6) is 0 Å². The van der Waals surface area contributed by atoms with E-state index in [2.05, 4.69) is 9.97 Å². The summed E-state index contributed by atoms with van der Waals surface area (Å²) in [6.07, 6.45) is 1.50. The average molecular weight is 439 g/mol. The monoisotopic (exact) mass is 439 g/mol. The number of benzene rings is 2. The van der Waals surface area contributed by atoms with Crippen molar-refractivity contribution in [1.82, 2.24) is 14.9 Å². The molecule has 1 saturated heterocycles. The van der Waals surface area contributed by atoms with Crippen molar-refractivity contribution < 1.29 is 18.0 Å². The van der Waals surface area contributed by atoms with E-state index in [9.17, 15) is 18.0 Å². The van der Waals surface area contributed by atoms with Gasteiger partial charge in [0.2, 0.25) is 5.91 Å². The number of likely N-dealkylation sites (tertiary alicyclic amines) is 1. The maximum Gasteiger partial charge on any atom is 0.416 e. The third-order valence-corrected chi connectivity index (χ3v) is 5.88. The van der Waals surface area contributed by atoms with Gasteiger partial charge in [0.1, 0.15) is 0 Å². The molecule has 3 aromatic rings. The highest BCUT2D eigenvalue weighted by molar-refractivity contribution is 5.76. The zero-order chi connectivity index (χ0) is 22.6. The van der Waals surface area contributed by atoms with Gasteiger partial charge in [-0.3, -0.25) is 9.78 Å². The van der Waals surface area contributed by atoms with Crippen molar-refractivity contribution >= 4 is 5.91 Å². The third-order valence-electron chi connectivity index (χ3n) is 5.88. The van der Waals surface area contributed by atoms with Gasteiger partial charge in [-0.2, -0.15) is 13.2 Å². The number of aryl methyl sites for hydroxylation is 1. The Morgan fingerprint density at radius 1 is 1.00 bits per heavy atom. The topological polar surface area (TPSA) is 46.1 Å². The summed E-state index contributed by atoms with van der Waals surface area (Å²) in [5, 5.41) is 0. The largest absolute Gasteiger partial charge is 0.416 e. The van der Waals surface area contributed by atoms with E-state index >= 15 is 0 Å². The van der Waals surface area contributed by atoms with E-state index in [1.54, 1.807) is 12.3 Å². The lowest BCUT2D eigenvalue weighted by molar-refractivity contribution is -0.137. The minimum absolute atomic E-state index is 0.131. The molecule has 32 heavy (non-hydrogen) atoms. The smallest absolute Gasteiger partial charge is 0.343 e. The summed E-state index contributed by atoms with van der Waals surface area (Å²) in [7, 11) is 0. The summed E-state index contributed by atoms with van der Waals surface area (Å²) < 4.78 is 39.1. The first-order valence-electron chi connectivity index (χ1n) is 10.7. The molecule has 1 aliphatic heterocycles. The van der Waals surface area contributed by atoms with E-state index in [0.717, 1.165) is 42.7 Å². The lowest BCUT2D eigenvalue weighted by Crippen LogP contribution is -2.38. The van der Waals surface area contributed by atoms with E-state index < -0.39 is 11.7 Å². The molecule has 0 N–H and O–H groups in total. The van der Waals surface area contributed by atoms with Crippen molar-refractivity contribution in [3.8, 4) is 11.3 Å². The first-order chi connectivity index (χ1) is 15.4. The second-order valence-electron chi connectivity index (χ2n) is 8.05. The lowest BCUT2D eigenvalue weighted by Gasteiger charge is -2.32. The van der Waals surface area contributed by atoms with Gasteiger partial charge in [-0.15, -0.1) is 0 Å². The van der Waals surface area contributed by atoms with E-state index in [0.29, 0.717) is 30.8 Å². The van der Waals surface area contributed by atoms with Crippen molar-refractivity contribution in [1.29, 1.82) is 0 Å². The van der Waals surface area contributed by atoms with Crippen LogP contribution in [0.1, 0.15) is 42.0 Å². The number of alkyl halides is 3. The number of hydrogen-bond donors (Lipinski definition) is 0. The fraction of sp³-hybridized carbons (Fsp3) is 0.320. The second-order valence-corrected chi connectivity index (χ2v) is 8.05. The minimum atomic E-state index is -4.40. The molecule has 0 saturated carbocycles. The second kappa shape index (κ2) is 9.51. The van der Waals surface area contributed by atoms with E-state index in [-0.39, 0.29) is 11.8 Å². The predicted octanol–water partition coefficient (Wildman–Crippen LogP) is 5.50. The Labute approximate surface area is 185 Å². The first kappa shape index (κ1) is 22.0. The number of piperidine rings is 1. The molecular formula is C25H24F3N3O. The SMILES string of the molecule is O=C(CCc1ccccc1)N1CCC(c2cncc(-c3cccc(C(F)(F)F)c3)n2)CC1. The lowest BCUT2D eigenvalue weighted by atomic mass is 9.93. The first-order valence-corrected chi connectivity index (χ1v) is 10.7. The van der Waals surface area contributed by atoms with E-state index in [1.807, 2.05) is 35.2 Å². The van der Waals surface area contributed by atoms with Gasteiger partial charge in [-0.25, -0.2) is 4.98 Å². The molecule has 166 valence electrons. The van der Waals surface area contributed by atoms with Crippen LogP contribution in [0.4, 0.5) is 13.2 Å². The molecule has 2 aromatic carbocycles. The van der Waals surface area contributed by atoms with Gasteiger partial charge in [0.05, 0.1) is 23.1 Å². The maximum atomic E-state index is 13.0. The summed E-state index contributed by atoms with van der Waals surface area (Å²) in [4.78, 5) is 23.3. The van der Waals surface area contributed by atoms with Crippen LogP contribution in [0.3, 0.4) is 0 Å². The fourth-order valence-corrected chi connectivity index (χ4v) is 4.05. The van der Waals surface area contributed by atoms with Crippen molar-refractivity contribution in [2.75, 3.05) is 13.1 Å². The molecule has 7 heteroatoms. The predicted molar refractivity (Wildman–Crippen MR) is 116 cm³/mol. The summed E-state index contributed by atoms with van der Waals surface area (Å²) in [6.45, 7) is 1.29.